The van der Waals surface area contributed by atoms with Gasteiger partial charge in [-0.25, -0.2) is 4.79 Å². The molecule has 1 heterocycles. The Morgan fingerprint density at radius 3 is 2.66 bits per heavy atom. The summed E-state index contributed by atoms with van der Waals surface area (Å²) in [6.45, 7) is 7.62. The van der Waals surface area contributed by atoms with E-state index in [4.69, 9.17) is 9.47 Å². The highest BCUT2D eigenvalue weighted by Crippen LogP contribution is 2.70. The molecule has 1 saturated heterocycles. The van der Waals surface area contributed by atoms with Crippen LogP contribution in [0.25, 0.3) is 0 Å². The maximum absolute atomic E-state index is 12.6. The number of hydrogen-bond donors (Lipinski definition) is 2. The molecule has 0 bridgehead atoms. The standard InChI is InChI=1S/C23H30O6/c1-20(2)28-17-10-15-14-6-5-12-9-13(24)7-8-21(12,3)18(14)16(25)11-22(15,4)23(17,29-20)19(26)27/h7-9,14-18,25H,5-6,10-11H2,1-4H3,(H,26,27)/t14-,15+,16-,17-,18+,21+,22+,23+/m1/s1. The lowest BCUT2D eigenvalue weighted by molar-refractivity contribution is -0.232. The van der Waals surface area contributed by atoms with Gasteiger partial charge in [-0.05, 0) is 63.5 Å². The van der Waals surface area contributed by atoms with Crippen molar-refractivity contribution in [1.82, 2.24) is 0 Å². The van der Waals surface area contributed by atoms with Crippen LogP contribution in [-0.4, -0.2) is 45.6 Å². The molecule has 5 rings (SSSR count). The van der Waals surface area contributed by atoms with E-state index in [1.165, 1.54) is 0 Å². The molecular formula is C23H30O6. The monoisotopic (exact) mass is 402 g/mol. The molecule has 6 heteroatoms. The van der Waals surface area contributed by atoms with Gasteiger partial charge in [-0.15, -0.1) is 0 Å². The number of carboxylic acids is 1. The summed E-state index contributed by atoms with van der Waals surface area (Å²) in [7, 11) is 0. The molecule has 6 nitrogen and oxygen atoms in total. The number of fused-ring (bicyclic) bond motifs is 7. The van der Waals surface area contributed by atoms with Gasteiger partial charge in [0.15, 0.2) is 17.2 Å². The zero-order valence-corrected chi connectivity index (χ0v) is 17.5. The third-order valence-corrected chi connectivity index (χ3v) is 8.81. The number of carbonyl (C=O) groups excluding carboxylic acids is 1. The maximum atomic E-state index is 12.6. The van der Waals surface area contributed by atoms with E-state index in [-0.39, 0.29) is 29.0 Å². The Balaban J connectivity index is 1.59. The van der Waals surface area contributed by atoms with Gasteiger partial charge >= 0.3 is 5.97 Å². The summed E-state index contributed by atoms with van der Waals surface area (Å²) in [6.07, 6.45) is 6.73. The lowest BCUT2D eigenvalue weighted by Crippen LogP contribution is -2.63. The summed E-state index contributed by atoms with van der Waals surface area (Å²) >= 11 is 0. The van der Waals surface area contributed by atoms with Crippen molar-refractivity contribution in [2.45, 2.75) is 77.0 Å². The summed E-state index contributed by atoms with van der Waals surface area (Å²) in [5.41, 5.74) is -1.44. The molecule has 158 valence electrons. The summed E-state index contributed by atoms with van der Waals surface area (Å²) in [4.78, 5) is 24.5. The highest BCUT2D eigenvalue weighted by molar-refractivity contribution is 6.01. The molecular weight excluding hydrogens is 372 g/mol. The van der Waals surface area contributed by atoms with E-state index in [0.29, 0.717) is 12.8 Å². The fourth-order valence-electron chi connectivity index (χ4n) is 7.79. The average Bonchev–Trinajstić information content (AvgIpc) is 3.02. The van der Waals surface area contributed by atoms with Crippen molar-refractivity contribution < 1.29 is 29.3 Å². The van der Waals surface area contributed by atoms with Gasteiger partial charge in [0.2, 0.25) is 0 Å². The smallest absolute Gasteiger partial charge is 0.339 e. The van der Waals surface area contributed by atoms with E-state index >= 15 is 0 Å². The Kier molecular flexibility index (Phi) is 3.75. The first-order chi connectivity index (χ1) is 13.4. The average molecular weight is 402 g/mol. The number of carboxylic acid groups (broad SMARTS) is 1. The number of aliphatic hydroxyl groups excluding tert-OH is 1. The number of hydrogen-bond acceptors (Lipinski definition) is 5. The predicted molar refractivity (Wildman–Crippen MR) is 104 cm³/mol. The Morgan fingerprint density at radius 2 is 1.97 bits per heavy atom. The van der Waals surface area contributed by atoms with Crippen molar-refractivity contribution in [3.05, 3.63) is 23.8 Å². The Morgan fingerprint density at radius 1 is 1.24 bits per heavy atom. The second-order valence-corrected chi connectivity index (χ2v) is 10.6. The van der Waals surface area contributed by atoms with Crippen molar-refractivity contribution in [3.8, 4) is 0 Å². The fourth-order valence-corrected chi connectivity index (χ4v) is 7.79. The molecule has 0 aromatic rings. The SMILES string of the molecule is CC1(C)O[C@@H]2C[C@H]3[C@H]4CCC5=CC(=O)C=C[C@]5(C)[C@@H]4[C@H](O)C[C@]3(C)[C@]2(C(=O)O)O1. The van der Waals surface area contributed by atoms with Gasteiger partial charge in [-0.3, -0.25) is 4.79 Å². The highest BCUT2D eigenvalue weighted by Gasteiger charge is 2.77. The van der Waals surface area contributed by atoms with Crippen molar-refractivity contribution in [3.63, 3.8) is 0 Å². The molecule has 4 fully saturated rings. The van der Waals surface area contributed by atoms with Crippen LogP contribution in [0.4, 0.5) is 0 Å². The van der Waals surface area contributed by atoms with Crippen LogP contribution in [0.15, 0.2) is 23.8 Å². The predicted octanol–water partition coefficient (Wildman–Crippen LogP) is 2.85. The zero-order chi connectivity index (χ0) is 21.0. The third kappa shape index (κ3) is 2.23. The van der Waals surface area contributed by atoms with Crippen LogP contribution in [0.3, 0.4) is 0 Å². The Labute approximate surface area is 170 Å². The molecule has 0 aromatic carbocycles. The lowest BCUT2D eigenvalue weighted by Gasteiger charge is -2.59. The van der Waals surface area contributed by atoms with Gasteiger partial charge in [0.25, 0.3) is 0 Å². The number of ketones is 1. The first-order valence-corrected chi connectivity index (χ1v) is 10.7. The number of carbonyl (C=O) groups is 2. The third-order valence-electron chi connectivity index (χ3n) is 8.81. The van der Waals surface area contributed by atoms with E-state index in [1.807, 2.05) is 13.0 Å². The minimum atomic E-state index is -1.44. The van der Waals surface area contributed by atoms with Crippen molar-refractivity contribution in [2.24, 2.45) is 28.6 Å². The van der Waals surface area contributed by atoms with Crippen LogP contribution < -0.4 is 0 Å². The topological polar surface area (TPSA) is 93.1 Å². The molecule has 29 heavy (non-hydrogen) atoms. The molecule has 2 N–H and O–H groups in total. The summed E-state index contributed by atoms with van der Waals surface area (Å²) < 4.78 is 12.3. The van der Waals surface area contributed by atoms with Gasteiger partial charge in [0, 0.05) is 16.7 Å². The molecule has 8 atom stereocenters. The number of allylic oxidation sites excluding steroid dienone is 4. The van der Waals surface area contributed by atoms with Gasteiger partial charge < -0.3 is 19.7 Å². The summed E-state index contributed by atoms with van der Waals surface area (Å²) in [6, 6.07) is 0. The van der Waals surface area contributed by atoms with E-state index in [9.17, 15) is 19.8 Å². The molecule has 0 aromatic heterocycles. The molecule has 0 amide bonds. The molecule has 4 aliphatic carbocycles. The Hall–Kier alpha value is -1.50. The van der Waals surface area contributed by atoms with Crippen LogP contribution in [0.2, 0.25) is 0 Å². The largest absolute Gasteiger partial charge is 0.479 e. The second kappa shape index (κ2) is 5.59. The van der Waals surface area contributed by atoms with E-state index < -0.39 is 35.0 Å². The zero-order valence-electron chi connectivity index (χ0n) is 17.5. The number of rotatable bonds is 1. The fraction of sp³-hybridized carbons (Fsp3) is 0.739. The molecule has 0 unspecified atom stereocenters. The second-order valence-electron chi connectivity index (χ2n) is 10.6. The molecule has 0 radical (unpaired) electrons. The molecule has 0 spiro atoms. The van der Waals surface area contributed by atoms with Crippen molar-refractivity contribution in [1.29, 1.82) is 0 Å². The van der Waals surface area contributed by atoms with E-state index in [0.717, 1.165) is 18.4 Å². The van der Waals surface area contributed by atoms with Crippen LogP contribution in [0, 0.1) is 28.6 Å². The maximum Gasteiger partial charge on any atom is 0.339 e. The number of aliphatic hydroxyl groups is 1. The van der Waals surface area contributed by atoms with Gasteiger partial charge in [-0.2, -0.15) is 0 Å². The Bertz CT molecular complexity index is 857. The van der Waals surface area contributed by atoms with Crippen LogP contribution in [0.5, 0.6) is 0 Å². The summed E-state index contributed by atoms with van der Waals surface area (Å²) in [5, 5.41) is 21.7. The van der Waals surface area contributed by atoms with Crippen LogP contribution >= 0.6 is 0 Å². The van der Waals surface area contributed by atoms with Gasteiger partial charge in [0.05, 0.1) is 6.10 Å². The van der Waals surface area contributed by atoms with Crippen LogP contribution in [0.1, 0.15) is 53.4 Å². The minimum absolute atomic E-state index is 0.00956. The number of ether oxygens (including phenoxy) is 2. The van der Waals surface area contributed by atoms with Crippen molar-refractivity contribution in [2.75, 3.05) is 0 Å². The summed E-state index contributed by atoms with van der Waals surface area (Å²) in [5.74, 6) is -1.74. The number of aliphatic carboxylic acids is 1. The van der Waals surface area contributed by atoms with Gasteiger partial charge in [-0.1, -0.05) is 25.5 Å². The molecule has 5 aliphatic rings. The normalized spacial score (nSPS) is 52.2. The van der Waals surface area contributed by atoms with E-state index in [2.05, 4.69) is 6.92 Å². The van der Waals surface area contributed by atoms with E-state index in [1.54, 1.807) is 26.0 Å². The lowest BCUT2D eigenvalue weighted by atomic mass is 9.46. The van der Waals surface area contributed by atoms with Crippen molar-refractivity contribution >= 4 is 11.8 Å². The molecule has 1 aliphatic heterocycles. The quantitative estimate of drug-likeness (QED) is 0.701. The first-order valence-electron chi connectivity index (χ1n) is 10.7. The van der Waals surface area contributed by atoms with Gasteiger partial charge in [0.1, 0.15) is 6.10 Å². The molecule has 3 saturated carbocycles. The van der Waals surface area contributed by atoms with Crippen LogP contribution in [-0.2, 0) is 19.1 Å². The highest BCUT2D eigenvalue weighted by atomic mass is 16.8. The first kappa shape index (κ1) is 19.5. The minimum Gasteiger partial charge on any atom is -0.479 e.